The molecule has 0 bridgehead atoms. The lowest BCUT2D eigenvalue weighted by molar-refractivity contribution is -0.136. The first-order valence-electron chi connectivity index (χ1n) is 10.2. The first-order valence-corrected chi connectivity index (χ1v) is 10.2. The summed E-state index contributed by atoms with van der Waals surface area (Å²) in [6.45, 7) is 4.23. The van der Waals surface area contributed by atoms with E-state index in [9.17, 15) is 27.9 Å². The quantitative estimate of drug-likeness (QED) is 0.705. The Labute approximate surface area is 183 Å². The summed E-state index contributed by atoms with van der Waals surface area (Å²) in [4.78, 5) is 31.0. The summed E-state index contributed by atoms with van der Waals surface area (Å²) in [5.74, 6) is -4.94. The summed E-state index contributed by atoms with van der Waals surface area (Å²) in [6, 6.07) is 2.86. The Kier molecular flexibility index (Phi) is 7.22. The Balaban J connectivity index is 1.61. The Morgan fingerprint density at radius 2 is 1.81 bits per heavy atom. The van der Waals surface area contributed by atoms with Crippen LogP contribution >= 0.6 is 0 Å². The summed E-state index contributed by atoms with van der Waals surface area (Å²) in [5, 5.41) is 12.3. The molecule has 2 aromatic rings. The van der Waals surface area contributed by atoms with E-state index in [4.69, 9.17) is 4.74 Å². The predicted molar refractivity (Wildman–Crippen MR) is 109 cm³/mol. The van der Waals surface area contributed by atoms with Crippen LogP contribution < -0.4 is 10.1 Å². The van der Waals surface area contributed by atoms with Crippen LogP contribution in [0.1, 0.15) is 37.0 Å². The zero-order valence-corrected chi connectivity index (χ0v) is 17.6. The molecule has 1 aliphatic rings. The number of phenols is 1. The van der Waals surface area contributed by atoms with Gasteiger partial charge in [0.25, 0.3) is 5.91 Å². The standard InChI is InChI=1S/C22H24F3N3O4/c1-12(2)20(27-21(30)15-9-16(24)17(25)10-18(15)29)22(31)28-7-5-14(6-8-28)32-19-4-3-13(23)11-26-19/h3-4,9-12,14,20,29H,5-8H2,1-2H3,(H,27,30)/t20-/m0/s1. The van der Waals surface area contributed by atoms with Crippen LogP contribution in [0, 0.1) is 23.4 Å². The zero-order valence-electron chi connectivity index (χ0n) is 17.6. The van der Waals surface area contributed by atoms with Gasteiger partial charge in [0, 0.05) is 38.1 Å². The molecule has 2 heterocycles. The SMILES string of the molecule is CC(C)[C@H](NC(=O)c1cc(F)c(F)cc1O)C(=O)N1CCC(Oc2ccc(F)cn2)CC1. The van der Waals surface area contributed by atoms with Crippen LogP contribution in [0.2, 0.25) is 0 Å². The molecule has 0 saturated carbocycles. The number of benzene rings is 1. The molecule has 172 valence electrons. The van der Waals surface area contributed by atoms with Gasteiger partial charge in [-0.3, -0.25) is 9.59 Å². The molecule has 1 aromatic heterocycles. The third-order valence-electron chi connectivity index (χ3n) is 5.24. The fourth-order valence-corrected chi connectivity index (χ4v) is 3.44. The lowest BCUT2D eigenvalue weighted by atomic mass is 9.99. The van der Waals surface area contributed by atoms with Crippen molar-refractivity contribution < 1.29 is 32.6 Å². The molecule has 1 fully saturated rings. The van der Waals surface area contributed by atoms with E-state index in [-0.39, 0.29) is 17.9 Å². The van der Waals surface area contributed by atoms with Crippen LogP contribution in [-0.4, -0.2) is 52.0 Å². The van der Waals surface area contributed by atoms with Crippen LogP contribution in [0.15, 0.2) is 30.5 Å². The molecule has 0 radical (unpaired) electrons. The Morgan fingerprint density at radius 3 is 2.41 bits per heavy atom. The molecule has 2 amide bonds. The van der Waals surface area contributed by atoms with E-state index in [1.807, 2.05) is 0 Å². The van der Waals surface area contributed by atoms with Gasteiger partial charge in [0.1, 0.15) is 23.7 Å². The van der Waals surface area contributed by atoms with Gasteiger partial charge in [-0.15, -0.1) is 0 Å². The molecule has 1 aromatic carbocycles. The number of carbonyl (C=O) groups is 2. The number of phenolic OH excluding ortho intramolecular Hbond substituents is 1. The number of rotatable bonds is 6. The molecular formula is C22H24F3N3O4. The average Bonchev–Trinajstić information content (AvgIpc) is 2.76. The molecule has 32 heavy (non-hydrogen) atoms. The maximum atomic E-state index is 13.5. The number of halogens is 3. The van der Waals surface area contributed by atoms with E-state index >= 15 is 0 Å². The van der Waals surface area contributed by atoms with Gasteiger partial charge < -0.3 is 20.1 Å². The Morgan fingerprint density at radius 1 is 1.16 bits per heavy atom. The minimum absolute atomic E-state index is 0.191. The van der Waals surface area contributed by atoms with Crippen molar-refractivity contribution in [1.29, 1.82) is 0 Å². The molecule has 1 saturated heterocycles. The normalized spacial score (nSPS) is 15.5. The van der Waals surface area contributed by atoms with Gasteiger partial charge in [0.2, 0.25) is 11.8 Å². The van der Waals surface area contributed by atoms with Crippen molar-refractivity contribution in [3.8, 4) is 11.6 Å². The lowest BCUT2D eigenvalue weighted by Crippen LogP contribution is -2.53. The van der Waals surface area contributed by atoms with Crippen LogP contribution in [0.3, 0.4) is 0 Å². The molecule has 7 nitrogen and oxygen atoms in total. The van der Waals surface area contributed by atoms with E-state index in [1.165, 1.54) is 12.1 Å². The highest BCUT2D eigenvalue weighted by Gasteiger charge is 2.32. The van der Waals surface area contributed by atoms with Gasteiger partial charge in [-0.05, 0) is 18.1 Å². The number of carbonyl (C=O) groups excluding carboxylic acids is 2. The second kappa shape index (κ2) is 9.88. The molecule has 0 spiro atoms. The van der Waals surface area contributed by atoms with Crippen molar-refractivity contribution >= 4 is 11.8 Å². The molecule has 10 heteroatoms. The van der Waals surface area contributed by atoms with Gasteiger partial charge in [0.15, 0.2) is 11.6 Å². The second-order valence-electron chi connectivity index (χ2n) is 7.94. The number of ether oxygens (including phenoxy) is 1. The third-order valence-corrected chi connectivity index (χ3v) is 5.24. The smallest absolute Gasteiger partial charge is 0.255 e. The van der Waals surface area contributed by atoms with E-state index in [1.54, 1.807) is 18.7 Å². The highest BCUT2D eigenvalue weighted by atomic mass is 19.2. The van der Waals surface area contributed by atoms with Gasteiger partial charge in [-0.2, -0.15) is 0 Å². The van der Waals surface area contributed by atoms with Gasteiger partial charge >= 0.3 is 0 Å². The van der Waals surface area contributed by atoms with Crippen LogP contribution in [0.5, 0.6) is 11.6 Å². The Bertz CT molecular complexity index is 977. The van der Waals surface area contributed by atoms with E-state index in [2.05, 4.69) is 10.3 Å². The number of pyridine rings is 1. The molecule has 2 N–H and O–H groups in total. The zero-order chi connectivity index (χ0) is 23.4. The highest BCUT2D eigenvalue weighted by Crippen LogP contribution is 2.22. The molecule has 0 aliphatic carbocycles. The van der Waals surface area contributed by atoms with E-state index in [0.29, 0.717) is 43.9 Å². The molecule has 0 unspecified atom stereocenters. The summed E-state index contributed by atoms with van der Waals surface area (Å²) in [5.41, 5.74) is -0.457. The maximum absolute atomic E-state index is 13.5. The number of hydrogen-bond acceptors (Lipinski definition) is 5. The number of nitrogens with zero attached hydrogens (tertiary/aromatic N) is 2. The van der Waals surface area contributed by atoms with Crippen molar-refractivity contribution in [2.75, 3.05) is 13.1 Å². The monoisotopic (exact) mass is 451 g/mol. The first-order chi connectivity index (χ1) is 15.2. The first kappa shape index (κ1) is 23.4. The van der Waals surface area contributed by atoms with Crippen LogP contribution in [0.4, 0.5) is 13.2 Å². The van der Waals surface area contributed by atoms with Crippen LogP contribution in [-0.2, 0) is 4.79 Å². The number of aromatic nitrogens is 1. The fourth-order valence-electron chi connectivity index (χ4n) is 3.44. The Hall–Kier alpha value is -3.30. The topological polar surface area (TPSA) is 91.8 Å². The average molecular weight is 451 g/mol. The number of likely N-dealkylation sites (tertiary alicyclic amines) is 1. The predicted octanol–water partition coefficient (Wildman–Crippen LogP) is 3.03. The van der Waals surface area contributed by atoms with Crippen molar-refractivity contribution in [3.05, 3.63) is 53.5 Å². The second-order valence-corrected chi connectivity index (χ2v) is 7.94. The van der Waals surface area contributed by atoms with E-state index in [0.717, 1.165) is 6.20 Å². The summed E-state index contributed by atoms with van der Waals surface area (Å²) >= 11 is 0. The van der Waals surface area contributed by atoms with Crippen LogP contribution in [0.25, 0.3) is 0 Å². The largest absolute Gasteiger partial charge is 0.507 e. The molecular weight excluding hydrogens is 427 g/mol. The van der Waals surface area contributed by atoms with Gasteiger partial charge in [-0.1, -0.05) is 13.8 Å². The molecule has 3 rings (SSSR count). The van der Waals surface area contributed by atoms with E-state index < -0.39 is 40.7 Å². The maximum Gasteiger partial charge on any atom is 0.255 e. The third kappa shape index (κ3) is 5.49. The highest BCUT2D eigenvalue weighted by molar-refractivity contribution is 5.99. The summed E-state index contributed by atoms with van der Waals surface area (Å²) in [6.07, 6.45) is 1.92. The number of amides is 2. The molecule has 1 atom stereocenters. The number of hydrogen-bond donors (Lipinski definition) is 2. The van der Waals surface area contributed by atoms with Crippen molar-refractivity contribution in [1.82, 2.24) is 15.2 Å². The number of aromatic hydroxyl groups is 1. The molecule has 1 aliphatic heterocycles. The summed E-state index contributed by atoms with van der Waals surface area (Å²) < 4.78 is 45.4. The summed E-state index contributed by atoms with van der Waals surface area (Å²) in [7, 11) is 0. The number of nitrogens with one attached hydrogen (secondary N) is 1. The van der Waals surface area contributed by atoms with Crippen molar-refractivity contribution in [3.63, 3.8) is 0 Å². The minimum atomic E-state index is -1.28. The van der Waals surface area contributed by atoms with Gasteiger partial charge in [-0.25, -0.2) is 18.2 Å². The fraction of sp³-hybridized carbons (Fsp3) is 0.409. The van der Waals surface area contributed by atoms with Crippen molar-refractivity contribution in [2.45, 2.75) is 38.8 Å². The lowest BCUT2D eigenvalue weighted by Gasteiger charge is -2.35. The minimum Gasteiger partial charge on any atom is -0.507 e. The number of piperidine rings is 1. The van der Waals surface area contributed by atoms with Gasteiger partial charge in [0.05, 0.1) is 11.8 Å². The van der Waals surface area contributed by atoms with Crippen molar-refractivity contribution in [2.24, 2.45) is 5.92 Å².